The predicted octanol–water partition coefficient (Wildman–Crippen LogP) is 2.90. The molecule has 2 rings (SSSR count). The van der Waals surface area contributed by atoms with E-state index in [0.717, 1.165) is 0 Å². The van der Waals surface area contributed by atoms with Crippen LogP contribution in [0.5, 0.6) is 0 Å². The number of nitrogens with one attached hydrogen (secondary N) is 1. The highest BCUT2D eigenvalue weighted by Crippen LogP contribution is 2.12. The largest absolute Gasteiger partial charge is 0.339 e. The minimum Gasteiger partial charge on any atom is -0.339 e. The zero-order valence-corrected chi connectivity index (χ0v) is 11.4. The molecule has 5 nitrogen and oxygen atoms in total. The van der Waals surface area contributed by atoms with Gasteiger partial charge in [-0.05, 0) is 18.2 Å². The van der Waals surface area contributed by atoms with Crippen molar-refractivity contribution in [3.05, 3.63) is 41.8 Å². The van der Waals surface area contributed by atoms with Gasteiger partial charge in [-0.2, -0.15) is 4.98 Å². The highest BCUT2D eigenvalue weighted by molar-refractivity contribution is 5.90. The molecule has 1 N–H and O–H groups in total. The fourth-order valence-electron chi connectivity index (χ4n) is 1.61. The predicted molar refractivity (Wildman–Crippen MR) is 71.7 cm³/mol. The minimum atomic E-state index is -0.388. The van der Waals surface area contributed by atoms with Gasteiger partial charge in [0.15, 0.2) is 5.82 Å². The number of halogens is 1. The van der Waals surface area contributed by atoms with Crippen molar-refractivity contribution in [2.45, 2.75) is 32.6 Å². The first kappa shape index (κ1) is 14.2. The molecular formula is C14H16FN3O2. The highest BCUT2D eigenvalue weighted by atomic mass is 19.1. The Labute approximate surface area is 116 Å². The highest BCUT2D eigenvalue weighted by Gasteiger charge is 2.11. The molecule has 1 aromatic carbocycles. The first-order valence-corrected chi connectivity index (χ1v) is 6.42. The van der Waals surface area contributed by atoms with Crippen LogP contribution in [0.4, 0.5) is 10.1 Å². The SMILES string of the molecule is CC(C)c1noc(CCC(=O)Nc2cccc(F)c2)n1. The molecule has 0 saturated carbocycles. The second kappa shape index (κ2) is 6.27. The van der Waals surface area contributed by atoms with Gasteiger partial charge in [-0.3, -0.25) is 4.79 Å². The van der Waals surface area contributed by atoms with E-state index in [0.29, 0.717) is 23.8 Å². The van der Waals surface area contributed by atoms with Crippen LogP contribution < -0.4 is 5.32 Å². The number of hydrogen-bond acceptors (Lipinski definition) is 4. The third-order valence-corrected chi connectivity index (χ3v) is 2.67. The molecule has 0 fully saturated rings. The molecule has 1 aromatic heterocycles. The van der Waals surface area contributed by atoms with Gasteiger partial charge in [-0.1, -0.05) is 25.1 Å². The first-order chi connectivity index (χ1) is 9.54. The van der Waals surface area contributed by atoms with Crippen LogP contribution in [0.3, 0.4) is 0 Å². The van der Waals surface area contributed by atoms with Crippen molar-refractivity contribution in [2.24, 2.45) is 0 Å². The van der Waals surface area contributed by atoms with Crippen molar-refractivity contribution >= 4 is 11.6 Å². The van der Waals surface area contributed by atoms with Crippen LogP contribution in [0.25, 0.3) is 0 Å². The average molecular weight is 277 g/mol. The fourth-order valence-corrected chi connectivity index (χ4v) is 1.61. The van der Waals surface area contributed by atoms with Crippen LogP contribution in [-0.2, 0) is 11.2 Å². The molecule has 0 unspecified atom stereocenters. The molecule has 20 heavy (non-hydrogen) atoms. The summed E-state index contributed by atoms with van der Waals surface area (Å²) in [6, 6.07) is 5.76. The summed E-state index contributed by atoms with van der Waals surface area (Å²) in [6.07, 6.45) is 0.567. The number of rotatable bonds is 5. The molecule has 0 spiro atoms. The summed E-state index contributed by atoms with van der Waals surface area (Å²) in [5.74, 6) is 0.642. The maximum Gasteiger partial charge on any atom is 0.227 e. The summed E-state index contributed by atoms with van der Waals surface area (Å²) in [6.45, 7) is 3.93. The normalized spacial score (nSPS) is 10.8. The summed E-state index contributed by atoms with van der Waals surface area (Å²) in [5, 5.41) is 6.44. The molecule has 106 valence electrons. The Morgan fingerprint density at radius 2 is 2.25 bits per heavy atom. The Morgan fingerprint density at radius 1 is 1.45 bits per heavy atom. The lowest BCUT2D eigenvalue weighted by molar-refractivity contribution is -0.116. The van der Waals surface area contributed by atoms with E-state index in [1.807, 2.05) is 13.8 Å². The van der Waals surface area contributed by atoms with Crippen molar-refractivity contribution in [2.75, 3.05) is 5.32 Å². The molecule has 1 heterocycles. The lowest BCUT2D eigenvalue weighted by Gasteiger charge is -2.03. The number of nitrogens with zero attached hydrogens (tertiary/aromatic N) is 2. The van der Waals surface area contributed by atoms with Gasteiger partial charge in [-0.15, -0.1) is 0 Å². The van der Waals surface area contributed by atoms with Gasteiger partial charge in [0.1, 0.15) is 5.82 Å². The number of aryl methyl sites for hydroxylation is 1. The molecule has 0 saturated heterocycles. The molecule has 0 radical (unpaired) electrons. The van der Waals surface area contributed by atoms with E-state index in [1.54, 1.807) is 6.07 Å². The maximum atomic E-state index is 13.0. The Kier molecular flexibility index (Phi) is 4.45. The number of anilines is 1. The summed E-state index contributed by atoms with van der Waals surface area (Å²) in [4.78, 5) is 15.9. The summed E-state index contributed by atoms with van der Waals surface area (Å²) in [7, 11) is 0. The van der Waals surface area contributed by atoms with Crippen LogP contribution in [-0.4, -0.2) is 16.0 Å². The quantitative estimate of drug-likeness (QED) is 0.912. The van der Waals surface area contributed by atoms with Gasteiger partial charge in [0, 0.05) is 24.4 Å². The standard InChI is InChI=1S/C14H16FN3O2/c1-9(2)14-17-13(20-18-14)7-6-12(19)16-11-5-3-4-10(15)8-11/h3-5,8-9H,6-7H2,1-2H3,(H,16,19). The minimum absolute atomic E-state index is 0.189. The monoisotopic (exact) mass is 277 g/mol. The Morgan fingerprint density at radius 3 is 2.90 bits per heavy atom. The molecule has 0 aliphatic rings. The van der Waals surface area contributed by atoms with Crippen LogP contribution >= 0.6 is 0 Å². The molecule has 6 heteroatoms. The molecule has 0 aliphatic heterocycles. The number of aromatic nitrogens is 2. The van der Waals surface area contributed by atoms with Gasteiger partial charge >= 0.3 is 0 Å². The lowest BCUT2D eigenvalue weighted by atomic mass is 10.2. The zero-order valence-electron chi connectivity index (χ0n) is 11.4. The van der Waals surface area contributed by atoms with Gasteiger partial charge in [-0.25, -0.2) is 4.39 Å². The van der Waals surface area contributed by atoms with Crippen molar-refractivity contribution in [1.82, 2.24) is 10.1 Å². The zero-order chi connectivity index (χ0) is 14.5. The van der Waals surface area contributed by atoms with Crippen molar-refractivity contribution < 1.29 is 13.7 Å². The molecular weight excluding hydrogens is 261 g/mol. The van der Waals surface area contributed by atoms with Crippen LogP contribution in [0.1, 0.15) is 37.9 Å². The van der Waals surface area contributed by atoms with Crippen LogP contribution in [0, 0.1) is 5.82 Å². The van der Waals surface area contributed by atoms with E-state index in [2.05, 4.69) is 15.5 Å². The molecule has 0 bridgehead atoms. The molecule has 1 amide bonds. The Hall–Kier alpha value is -2.24. The Bertz CT molecular complexity index is 596. The number of benzene rings is 1. The topological polar surface area (TPSA) is 68.0 Å². The smallest absolute Gasteiger partial charge is 0.227 e. The van der Waals surface area contributed by atoms with Crippen LogP contribution in [0.2, 0.25) is 0 Å². The van der Waals surface area contributed by atoms with E-state index >= 15 is 0 Å². The number of carbonyl (C=O) groups is 1. The van der Waals surface area contributed by atoms with Gasteiger partial charge in [0.25, 0.3) is 0 Å². The van der Waals surface area contributed by atoms with Crippen molar-refractivity contribution in [3.8, 4) is 0 Å². The Balaban J connectivity index is 1.85. The molecule has 0 atom stereocenters. The summed E-state index contributed by atoms with van der Waals surface area (Å²) >= 11 is 0. The molecule has 2 aromatic rings. The molecule has 0 aliphatic carbocycles. The van der Waals surface area contributed by atoms with E-state index in [4.69, 9.17) is 4.52 Å². The second-order valence-electron chi connectivity index (χ2n) is 4.76. The number of hydrogen-bond donors (Lipinski definition) is 1. The average Bonchev–Trinajstić information content (AvgIpc) is 2.85. The van der Waals surface area contributed by atoms with E-state index in [1.165, 1.54) is 18.2 Å². The summed E-state index contributed by atoms with van der Waals surface area (Å²) in [5.41, 5.74) is 0.434. The van der Waals surface area contributed by atoms with E-state index in [9.17, 15) is 9.18 Å². The third-order valence-electron chi connectivity index (χ3n) is 2.67. The third kappa shape index (κ3) is 3.88. The number of carbonyl (C=O) groups excluding carboxylic acids is 1. The van der Waals surface area contributed by atoms with Crippen molar-refractivity contribution in [1.29, 1.82) is 0 Å². The maximum absolute atomic E-state index is 13.0. The fraction of sp³-hybridized carbons (Fsp3) is 0.357. The van der Waals surface area contributed by atoms with Gasteiger partial charge in [0.2, 0.25) is 11.8 Å². The first-order valence-electron chi connectivity index (χ1n) is 6.42. The van der Waals surface area contributed by atoms with Crippen molar-refractivity contribution in [3.63, 3.8) is 0 Å². The second-order valence-corrected chi connectivity index (χ2v) is 4.76. The number of amides is 1. The van der Waals surface area contributed by atoms with E-state index < -0.39 is 0 Å². The van der Waals surface area contributed by atoms with Gasteiger partial charge < -0.3 is 9.84 Å². The summed E-state index contributed by atoms with van der Waals surface area (Å²) < 4.78 is 18.0. The van der Waals surface area contributed by atoms with Crippen LogP contribution in [0.15, 0.2) is 28.8 Å². The van der Waals surface area contributed by atoms with E-state index in [-0.39, 0.29) is 24.1 Å². The van der Waals surface area contributed by atoms with Gasteiger partial charge in [0.05, 0.1) is 0 Å². The lowest BCUT2D eigenvalue weighted by Crippen LogP contribution is -2.12.